The molecule has 0 atom stereocenters. The highest BCUT2D eigenvalue weighted by atomic mass is 16.5. The van der Waals surface area contributed by atoms with Gasteiger partial charge in [0.2, 0.25) is 0 Å². The molecule has 4 heteroatoms. The highest BCUT2D eigenvalue weighted by molar-refractivity contribution is 5.79. The molecule has 0 aliphatic heterocycles. The van der Waals surface area contributed by atoms with Crippen LogP contribution in [0.15, 0.2) is 54.6 Å². The van der Waals surface area contributed by atoms with E-state index in [1.54, 1.807) is 19.1 Å². The van der Waals surface area contributed by atoms with Crippen molar-refractivity contribution in [1.29, 1.82) is 0 Å². The zero-order chi connectivity index (χ0) is 15.8. The molecule has 0 N–H and O–H groups in total. The predicted octanol–water partition coefficient (Wildman–Crippen LogP) is 3.60. The molecule has 0 aliphatic carbocycles. The fourth-order valence-electron chi connectivity index (χ4n) is 1.97. The number of carbonyl (C=O) groups excluding carboxylic acids is 2. The Morgan fingerprint density at radius 2 is 1.41 bits per heavy atom. The van der Waals surface area contributed by atoms with Crippen LogP contribution in [0.4, 0.5) is 0 Å². The molecule has 2 aromatic carbocycles. The van der Waals surface area contributed by atoms with Crippen molar-refractivity contribution in [3.63, 3.8) is 0 Å². The molecule has 0 spiro atoms. The summed E-state index contributed by atoms with van der Waals surface area (Å²) < 4.78 is 9.95. The monoisotopic (exact) mass is 298 g/mol. The molecule has 0 saturated carbocycles. The van der Waals surface area contributed by atoms with E-state index >= 15 is 0 Å². The number of carbonyl (C=O) groups is 2. The van der Waals surface area contributed by atoms with Gasteiger partial charge in [0.25, 0.3) is 0 Å². The summed E-state index contributed by atoms with van der Waals surface area (Å²) in [6.07, 6.45) is 0.0496. The van der Waals surface area contributed by atoms with Crippen molar-refractivity contribution in [1.82, 2.24) is 0 Å². The zero-order valence-corrected chi connectivity index (χ0v) is 12.5. The van der Waals surface area contributed by atoms with Gasteiger partial charge in [0.15, 0.2) is 0 Å². The maximum Gasteiger partial charge on any atom is 0.311 e. The Morgan fingerprint density at radius 3 is 2.05 bits per heavy atom. The molecular formula is C18H18O4. The Hall–Kier alpha value is -2.62. The first-order valence-electron chi connectivity index (χ1n) is 7.21. The lowest BCUT2D eigenvalue weighted by Gasteiger charge is -2.06. The normalized spacial score (nSPS) is 10.0. The summed E-state index contributed by atoms with van der Waals surface area (Å²) in [7, 11) is 0. The first kappa shape index (κ1) is 15.8. The summed E-state index contributed by atoms with van der Waals surface area (Å²) in [5.74, 6) is -0.368. The molecule has 0 aliphatic rings. The third kappa shape index (κ3) is 4.74. The molecule has 0 heterocycles. The second-order valence-electron chi connectivity index (χ2n) is 4.67. The molecule has 4 nitrogen and oxygen atoms in total. The molecule has 114 valence electrons. The number of ether oxygens (including phenoxy) is 2. The molecule has 0 fully saturated rings. The van der Waals surface area contributed by atoms with Gasteiger partial charge in [0.1, 0.15) is 5.75 Å². The number of esters is 2. The van der Waals surface area contributed by atoms with Crippen LogP contribution < -0.4 is 4.74 Å². The summed E-state index contributed by atoms with van der Waals surface area (Å²) in [5, 5.41) is 0. The van der Waals surface area contributed by atoms with E-state index in [-0.39, 0.29) is 18.8 Å². The van der Waals surface area contributed by atoms with E-state index in [1.165, 1.54) is 0 Å². The first-order valence-corrected chi connectivity index (χ1v) is 7.21. The molecule has 0 unspecified atom stereocenters. The molecule has 22 heavy (non-hydrogen) atoms. The number of rotatable bonds is 6. The van der Waals surface area contributed by atoms with Crippen LogP contribution in [-0.2, 0) is 14.3 Å². The molecular weight excluding hydrogens is 280 g/mol. The lowest BCUT2D eigenvalue weighted by molar-refractivity contribution is -0.146. The van der Waals surface area contributed by atoms with Crippen LogP contribution in [0.2, 0.25) is 0 Å². The van der Waals surface area contributed by atoms with Gasteiger partial charge in [-0.3, -0.25) is 9.59 Å². The molecule has 2 aromatic rings. The highest BCUT2D eigenvalue weighted by Gasteiger charge is 2.09. The summed E-state index contributed by atoms with van der Waals surface area (Å²) in [6.45, 7) is 2.04. The third-order valence-electron chi connectivity index (χ3n) is 3.03. The lowest BCUT2D eigenvalue weighted by Crippen LogP contribution is -2.12. The van der Waals surface area contributed by atoms with Crippen molar-refractivity contribution in [2.75, 3.05) is 6.61 Å². The van der Waals surface area contributed by atoms with Crippen LogP contribution >= 0.6 is 0 Å². The van der Waals surface area contributed by atoms with Crippen LogP contribution in [0, 0.1) is 0 Å². The summed E-state index contributed by atoms with van der Waals surface area (Å²) in [6, 6.07) is 17.2. The average molecular weight is 298 g/mol. The van der Waals surface area contributed by atoms with Crippen molar-refractivity contribution in [2.24, 2.45) is 0 Å². The van der Waals surface area contributed by atoms with E-state index in [0.717, 1.165) is 11.1 Å². The summed E-state index contributed by atoms with van der Waals surface area (Å²) >= 11 is 0. The Kier molecular flexibility index (Phi) is 5.72. The van der Waals surface area contributed by atoms with Crippen molar-refractivity contribution < 1.29 is 19.1 Å². The number of hydrogen-bond donors (Lipinski definition) is 0. The van der Waals surface area contributed by atoms with Crippen molar-refractivity contribution >= 4 is 11.9 Å². The second kappa shape index (κ2) is 7.98. The Balaban J connectivity index is 1.89. The van der Waals surface area contributed by atoms with E-state index in [9.17, 15) is 9.59 Å². The molecule has 2 rings (SSSR count). The van der Waals surface area contributed by atoms with Gasteiger partial charge in [0, 0.05) is 0 Å². The van der Waals surface area contributed by atoms with Crippen LogP contribution in [0.25, 0.3) is 11.1 Å². The van der Waals surface area contributed by atoms with Crippen LogP contribution in [0.3, 0.4) is 0 Å². The minimum absolute atomic E-state index is 0.0132. The van der Waals surface area contributed by atoms with Gasteiger partial charge >= 0.3 is 11.9 Å². The third-order valence-corrected chi connectivity index (χ3v) is 3.03. The molecule has 0 aromatic heterocycles. The largest absolute Gasteiger partial charge is 0.466 e. The maximum absolute atomic E-state index is 11.6. The standard InChI is InChI=1S/C18H18O4/c1-2-21-17(19)12-13-18(20)22-16-10-8-15(9-11-16)14-6-4-3-5-7-14/h3-11H,2,12-13H2,1H3. The topological polar surface area (TPSA) is 52.6 Å². The molecule has 0 bridgehead atoms. The number of hydrogen-bond acceptors (Lipinski definition) is 4. The summed E-state index contributed by atoms with van der Waals surface area (Å²) in [4.78, 5) is 22.8. The quantitative estimate of drug-likeness (QED) is 0.604. The lowest BCUT2D eigenvalue weighted by atomic mass is 10.1. The Bertz CT molecular complexity index is 617. The van der Waals surface area contributed by atoms with Crippen LogP contribution in [0.5, 0.6) is 5.75 Å². The summed E-state index contributed by atoms with van der Waals surface area (Å²) in [5.41, 5.74) is 2.15. The minimum Gasteiger partial charge on any atom is -0.466 e. The second-order valence-corrected chi connectivity index (χ2v) is 4.67. The molecule has 0 saturated heterocycles. The van der Waals surface area contributed by atoms with Gasteiger partial charge in [-0.1, -0.05) is 42.5 Å². The van der Waals surface area contributed by atoms with Crippen LogP contribution in [-0.4, -0.2) is 18.5 Å². The Labute approximate surface area is 129 Å². The minimum atomic E-state index is -0.444. The first-order chi connectivity index (χ1) is 10.7. The van der Waals surface area contributed by atoms with Gasteiger partial charge in [-0.25, -0.2) is 0 Å². The highest BCUT2D eigenvalue weighted by Crippen LogP contribution is 2.22. The SMILES string of the molecule is CCOC(=O)CCC(=O)Oc1ccc(-c2ccccc2)cc1. The van der Waals surface area contributed by atoms with Crippen molar-refractivity contribution in [3.05, 3.63) is 54.6 Å². The van der Waals surface area contributed by atoms with Crippen LogP contribution in [0.1, 0.15) is 19.8 Å². The smallest absolute Gasteiger partial charge is 0.311 e. The Morgan fingerprint density at radius 1 is 0.818 bits per heavy atom. The van der Waals surface area contributed by atoms with E-state index in [2.05, 4.69) is 0 Å². The van der Waals surface area contributed by atoms with Gasteiger partial charge in [-0.15, -0.1) is 0 Å². The molecule has 0 radical (unpaired) electrons. The number of benzene rings is 2. The van der Waals surface area contributed by atoms with Crippen molar-refractivity contribution in [3.8, 4) is 16.9 Å². The van der Waals surface area contributed by atoms with E-state index in [0.29, 0.717) is 12.4 Å². The predicted molar refractivity (Wildman–Crippen MR) is 83.4 cm³/mol. The maximum atomic E-state index is 11.6. The van der Waals surface area contributed by atoms with Gasteiger partial charge in [-0.05, 0) is 30.2 Å². The van der Waals surface area contributed by atoms with Crippen molar-refractivity contribution in [2.45, 2.75) is 19.8 Å². The van der Waals surface area contributed by atoms with Gasteiger partial charge in [0.05, 0.1) is 19.4 Å². The van der Waals surface area contributed by atoms with E-state index < -0.39 is 5.97 Å². The van der Waals surface area contributed by atoms with Gasteiger partial charge < -0.3 is 9.47 Å². The fraction of sp³-hybridized carbons (Fsp3) is 0.222. The van der Waals surface area contributed by atoms with Gasteiger partial charge in [-0.2, -0.15) is 0 Å². The van der Waals surface area contributed by atoms with E-state index in [4.69, 9.17) is 9.47 Å². The average Bonchev–Trinajstić information content (AvgIpc) is 2.55. The molecule has 0 amide bonds. The zero-order valence-electron chi connectivity index (χ0n) is 12.5. The van der Waals surface area contributed by atoms with E-state index in [1.807, 2.05) is 42.5 Å². The fourth-order valence-corrected chi connectivity index (χ4v) is 1.97.